The van der Waals surface area contributed by atoms with E-state index in [2.05, 4.69) is 10.3 Å². The van der Waals surface area contributed by atoms with Crippen LogP contribution in [0.3, 0.4) is 0 Å². The van der Waals surface area contributed by atoms with Gasteiger partial charge in [-0.1, -0.05) is 17.3 Å². The first kappa shape index (κ1) is 23.6. The summed E-state index contributed by atoms with van der Waals surface area (Å²) in [6, 6.07) is 7.95. The zero-order valence-corrected chi connectivity index (χ0v) is 17.9. The Morgan fingerprint density at radius 1 is 1.15 bits per heavy atom. The van der Waals surface area contributed by atoms with E-state index in [1.165, 1.54) is 42.2 Å². The van der Waals surface area contributed by atoms with E-state index < -0.39 is 60.4 Å². The number of carbonyl (C=O) groups is 1. The molecule has 1 fully saturated rings. The molecule has 180 valence electrons. The summed E-state index contributed by atoms with van der Waals surface area (Å²) in [7, 11) is 1.34. The topological polar surface area (TPSA) is 161 Å². The Morgan fingerprint density at radius 2 is 1.91 bits per heavy atom. The van der Waals surface area contributed by atoms with Gasteiger partial charge in [-0.05, 0) is 30.3 Å². The maximum Gasteiger partial charge on any atom is 0.255 e. The lowest BCUT2D eigenvalue weighted by Crippen LogP contribution is -2.61. The van der Waals surface area contributed by atoms with Gasteiger partial charge in [-0.2, -0.15) is 0 Å². The number of phenols is 2. The lowest BCUT2D eigenvalue weighted by molar-refractivity contribution is -0.235. The second-order valence-corrected chi connectivity index (χ2v) is 7.93. The van der Waals surface area contributed by atoms with Crippen molar-refractivity contribution in [3.8, 4) is 22.8 Å². The third-order valence-electron chi connectivity index (χ3n) is 5.73. The second kappa shape index (κ2) is 9.35. The maximum atomic E-state index is 13.6. The van der Waals surface area contributed by atoms with Crippen molar-refractivity contribution in [3.63, 3.8) is 0 Å². The number of aliphatic hydroxyl groups is 3. The number of likely N-dealkylation sites (N-methyl/N-ethyl adjacent to an activating group) is 1. The third-order valence-corrected chi connectivity index (χ3v) is 5.73. The fourth-order valence-electron chi connectivity index (χ4n) is 3.89. The van der Waals surface area contributed by atoms with Crippen LogP contribution in [0.25, 0.3) is 11.3 Å². The first-order chi connectivity index (χ1) is 16.2. The Labute approximate surface area is 192 Å². The van der Waals surface area contributed by atoms with E-state index in [-0.39, 0.29) is 11.3 Å². The van der Waals surface area contributed by atoms with Gasteiger partial charge in [0.1, 0.15) is 35.9 Å². The number of nitrogens with zero attached hydrogens (tertiary/aromatic N) is 4. The van der Waals surface area contributed by atoms with E-state index >= 15 is 0 Å². The predicted molar refractivity (Wildman–Crippen MR) is 114 cm³/mol. The molecule has 3 aromatic rings. The maximum absolute atomic E-state index is 13.6. The van der Waals surface area contributed by atoms with Crippen LogP contribution in [0.1, 0.15) is 16.4 Å². The van der Waals surface area contributed by atoms with Crippen molar-refractivity contribution < 1.29 is 39.5 Å². The average Bonchev–Trinajstić information content (AvgIpc) is 3.30. The summed E-state index contributed by atoms with van der Waals surface area (Å²) in [4.78, 5) is 14.0. The van der Waals surface area contributed by atoms with Gasteiger partial charge in [-0.25, -0.2) is 9.07 Å². The lowest BCUT2D eigenvalue weighted by Gasteiger charge is -2.45. The van der Waals surface area contributed by atoms with Gasteiger partial charge < -0.3 is 35.2 Å². The zero-order chi connectivity index (χ0) is 24.6. The molecule has 5 unspecified atom stereocenters. The fraction of sp³-hybridized carbons (Fsp3) is 0.318. The van der Waals surface area contributed by atoms with Gasteiger partial charge in [0.15, 0.2) is 17.7 Å². The van der Waals surface area contributed by atoms with E-state index in [1.54, 1.807) is 6.07 Å². The van der Waals surface area contributed by atoms with E-state index in [0.29, 0.717) is 5.56 Å². The van der Waals surface area contributed by atoms with Crippen molar-refractivity contribution in [2.45, 2.75) is 30.6 Å². The number of aliphatic hydroxyl groups excluding tert-OH is 3. The average molecular weight is 474 g/mol. The van der Waals surface area contributed by atoms with Crippen LogP contribution in [0.4, 0.5) is 4.39 Å². The monoisotopic (exact) mass is 474 g/mol. The number of carbonyl (C=O) groups excluding carboxylic acids is 1. The number of ether oxygens (including phenoxy) is 1. The number of rotatable bonds is 5. The molecule has 1 aliphatic rings. The molecule has 1 amide bonds. The van der Waals surface area contributed by atoms with Crippen LogP contribution >= 0.6 is 0 Å². The number of benzene rings is 2. The molecular formula is C22H23FN4O7. The summed E-state index contributed by atoms with van der Waals surface area (Å²) >= 11 is 0. The van der Waals surface area contributed by atoms with Gasteiger partial charge in [0, 0.05) is 18.2 Å². The van der Waals surface area contributed by atoms with E-state index in [4.69, 9.17) is 4.74 Å². The van der Waals surface area contributed by atoms with Crippen molar-refractivity contribution in [2.75, 3.05) is 13.7 Å². The SMILES string of the molecule is CN(C(=O)c1ccc(O)c(O)c1)C1OC(CO)C(O)C(n2cc(-c3cccc(F)c3)nn2)C1O. The second-order valence-electron chi connectivity index (χ2n) is 7.93. The molecule has 0 spiro atoms. The molecule has 0 aliphatic carbocycles. The molecule has 0 saturated carbocycles. The number of hydrogen-bond donors (Lipinski definition) is 5. The van der Waals surface area contributed by atoms with Crippen molar-refractivity contribution in [1.82, 2.24) is 19.9 Å². The summed E-state index contributed by atoms with van der Waals surface area (Å²) in [5, 5.41) is 58.6. The summed E-state index contributed by atoms with van der Waals surface area (Å²) in [6.45, 7) is -0.617. The minimum Gasteiger partial charge on any atom is -0.504 e. The Hall–Kier alpha value is -3.58. The molecule has 5 N–H and O–H groups in total. The minimum absolute atomic E-state index is 0.00552. The normalized spacial score (nSPS) is 24.7. The molecule has 2 aromatic carbocycles. The molecule has 1 aliphatic heterocycles. The first-order valence-corrected chi connectivity index (χ1v) is 10.3. The van der Waals surface area contributed by atoms with Crippen LogP contribution in [-0.4, -0.2) is 89.5 Å². The molecule has 2 heterocycles. The van der Waals surface area contributed by atoms with Gasteiger partial charge in [0.2, 0.25) is 0 Å². The zero-order valence-electron chi connectivity index (χ0n) is 17.9. The Bertz CT molecular complexity index is 1190. The van der Waals surface area contributed by atoms with Crippen molar-refractivity contribution >= 4 is 5.91 Å². The van der Waals surface area contributed by atoms with Crippen LogP contribution in [-0.2, 0) is 4.74 Å². The van der Waals surface area contributed by atoms with E-state index in [0.717, 1.165) is 17.0 Å². The van der Waals surface area contributed by atoms with Crippen LogP contribution in [0.15, 0.2) is 48.7 Å². The number of hydrogen-bond acceptors (Lipinski definition) is 9. The van der Waals surface area contributed by atoms with E-state index in [1.807, 2.05) is 0 Å². The van der Waals surface area contributed by atoms with Gasteiger partial charge in [0.25, 0.3) is 5.91 Å². The summed E-state index contributed by atoms with van der Waals surface area (Å²) < 4.78 is 20.4. The van der Waals surface area contributed by atoms with Gasteiger partial charge in [0.05, 0.1) is 12.8 Å². The first-order valence-electron chi connectivity index (χ1n) is 10.3. The number of phenolic OH excluding ortho intramolecular Hbond substituents is 2. The number of aromatic hydroxyl groups is 2. The molecular weight excluding hydrogens is 451 g/mol. The highest BCUT2D eigenvalue weighted by Gasteiger charge is 2.48. The van der Waals surface area contributed by atoms with Gasteiger partial charge in [-0.3, -0.25) is 4.79 Å². The molecule has 12 heteroatoms. The largest absolute Gasteiger partial charge is 0.504 e. The third kappa shape index (κ3) is 4.31. The van der Waals surface area contributed by atoms with Gasteiger partial charge in [-0.15, -0.1) is 5.10 Å². The molecule has 1 aromatic heterocycles. The number of amides is 1. The molecule has 0 radical (unpaired) electrons. The molecule has 34 heavy (non-hydrogen) atoms. The van der Waals surface area contributed by atoms with Crippen LogP contribution in [0.2, 0.25) is 0 Å². The van der Waals surface area contributed by atoms with E-state index in [9.17, 15) is 34.7 Å². The standard InChI is InChI=1S/C22H23FN4O7/c1-26(21(33)12-5-6-15(29)16(30)8-12)22-20(32)18(19(31)17(10-28)34-22)27-9-14(24-25-27)11-3-2-4-13(23)7-11/h2-9,17-20,22,28-32H,10H2,1H3. The molecule has 4 rings (SSSR count). The highest BCUT2D eigenvalue weighted by Crippen LogP contribution is 2.33. The summed E-state index contributed by atoms with van der Waals surface area (Å²) in [6.07, 6.45) is -4.03. The predicted octanol–water partition coefficient (Wildman–Crippen LogP) is 0.248. The Kier molecular flexibility index (Phi) is 6.48. The van der Waals surface area contributed by atoms with Crippen molar-refractivity contribution in [2.24, 2.45) is 0 Å². The lowest BCUT2D eigenvalue weighted by atomic mass is 9.94. The number of halogens is 1. The van der Waals surface area contributed by atoms with Crippen LogP contribution in [0.5, 0.6) is 11.5 Å². The van der Waals surface area contributed by atoms with Crippen molar-refractivity contribution in [3.05, 3.63) is 60.0 Å². The molecule has 1 saturated heterocycles. The summed E-state index contributed by atoms with van der Waals surface area (Å²) in [5.74, 6) is -2.04. The quantitative estimate of drug-likeness (QED) is 0.326. The Balaban J connectivity index is 1.63. The summed E-state index contributed by atoms with van der Waals surface area (Å²) in [5.41, 5.74) is 0.717. The smallest absolute Gasteiger partial charge is 0.255 e. The highest BCUT2D eigenvalue weighted by atomic mass is 19.1. The minimum atomic E-state index is -1.51. The Morgan fingerprint density at radius 3 is 2.59 bits per heavy atom. The van der Waals surface area contributed by atoms with Crippen molar-refractivity contribution in [1.29, 1.82) is 0 Å². The van der Waals surface area contributed by atoms with Crippen LogP contribution in [0, 0.1) is 5.82 Å². The molecule has 11 nitrogen and oxygen atoms in total. The highest BCUT2D eigenvalue weighted by molar-refractivity contribution is 5.94. The molecule has 0 bridgehead atoms. The molecule has 5 atom stereocenters. The fourth-order valence-corrected chi connectivity index (χ4v) is 3.89. The number of aromatic nitrogens is 3. The van der Waals surface area contributed by atoms with Gasteiger partial charge >= 0.3 is 0 Å². The van der Waals surface area contributed by atoms with Crippen LogP contribution < -0.4 is 0 Å².